The number of hydrogen-bond donors (Lipinski definition) is 0. The number of benzene rings is 1. The minimum Gasteiger partial charge on any atom is -0.294 e. The second-order valence-electron chi connectivity index (χ2n) is 3.41. The van der Waals surface area contributed by atoms with Crippen molar-refractivity contribution in [2.45, 2.75) is 13.8 Å². The monoisotopic (exact) mass is 185 g/mol. The van der Waals surface area contributed by atoms with Gasteiger partial charge in [-0.1, -0.05) is 12.1 Å². The van der Waals surface area contributed by atoms with Gasteiger partial charge in [-0.2, -0.15) is 0 Å². The molecule has 0 saturated heterocycles. The van der Waals surface area contributed by atoms with Crippen molar-refractivity contribution in [3.63, 3.8) is 0 Å². The van der Waals surface area contributed by atoms with Gasteiger partial charge in [0.25, 0.3) is 0 Å². The molecule has 2 rings (SSSR count). The van der Waals surface area contributed by atoms with Crippen LogP contribution in [0.2, 0.25) is 0 Å². The van der Waals surface area contributed by atoms with Crippen LogP contribution in [-0.4, -0.2) is 10.8 Å². The Balaban J connectivity index is 2.88. The zero-order chi connectivity index (χ0) is 10.1. The highest BCUT2D eigenvalue weighted by molar-refractivity contribution is 6.07. The Morgan fingerprint density at radius 3 is 2.71 bits per heavy atom. The van der Waals surface area contributed by atoms with Crippen LogP contribution < -0.4 is 0 Å². The van der Waals surface area contributed by atoms with Gasteiger partial charge in [-0.05, 0) is 30.9 Å². The number of aryl methyl sites for hydroxylation is 1. The number of rotatable bonds is 1. The number of carbonyl (C=O) groups excluding carboxylic acids is 1. The number of hydrogen-bond acceptors (Lipinski definition) is 2. The van der Waals surface area contributed by atoms with E-state index in [9.17, 15) is 4.79 Å². The Morgan fingerprint density at radius 2 is 2.00 bits per heavy atom. The molecule has 14 heavy (non-hydrogen) atoms. The quantitative estimate of drug-likeness (QED) is 0.639. The molecule has 70 valence electrons. The highest BCUT2D eigenvalue weighted by Gasteiger charge is 2.06. The maximum Gasteiger partial charge on any atom is 0.160 e. The molecule has 0 radical (unpaired) electrons. The predicted molar refractivity (Wildman–Crippen MR) is 56.5 cm³/mol. The molecule has 2 nitrogen and oxygen atoms in total. The first-order valence-electron chi connectivity index (χ1n) is 4.54. The van der Waals surface area contributed by atoms with E-state index in [1.807, 2.05) is 25.1 Å². The summed E-state index contributed by atoms with van der Waals surface area (Å²) in [5.41, 5.74) is 1.92. The van der Waals surface area contributed by atoms with Gasteiger partial charge in [-0.25, -0.2) is 0 Å². The maximum absolute atomic E-state index is 11.3. The van der Waals surface area contributed by atoms with Crippen molar-refractivity contribution < 1.29 is 4.79 Å². The Labute approximate surface area is 82.6 Å². The molecular weight excluding hydrogens is 174 g/mol. The highest BCUT2D eigenvalue weighted by Crippen LogP contribution is 2.21. The average Bonchev–Trinajstić information content (AvgIpc) is 2.18. The fraction of sp³-hybridized carbons (Fsp3) is 0.167. The molecule has 0 N–H and O–H groups in total. The Morgan fingerprint density at radius 1 is 1.21 bits per heavy atom. The Hall–Kier alpha value is -1.70. The van der Waals surface area contributed by atoms with Crippen molar-refractivity contribution in [3.8, 4) is 0 Å². The lowest BCUT2D eigenvalue weighted by Crippen LogP contribution is -1.94. The van der Waals surface area contributed by atoms with Crippen LogP contribution in [0.25, 0.3) is 10.8 Å². The maximum atomic E-state index is 11.3. The first-order chi connectivity index (χ1) is 6.70. The Kier molecular flexibility index (Phi) is 2.04. The molecule has 0 spiro atoms. The Bertz CT molecular complexity index is 503. The number of aromatic nitrogens is 1. The van der Waals surface area contributed by atoms with Crippen molar-refractivity contribution >= 4 is 16.6 Å². The van der Waals surface area contributed by atoms with Gasteiger partial charge in [-0.15, -0.1) is 0 Å². The molecule has 0 aliphatic rings. The van der Waals surface area contributed by atoms with Crippen LogP contribution in [0.5, 0.6) is 0 Å². The molecule has 1 aromatic heterocycles. The van der Waals surface area contributed by atoms with E-state index in [1.165, 1.54) is 5.56 Å². The molecule has 0 fully saturated rings. The van der Waals surface area contributed by atoms with Gasteiger partial charge in [0, 0.05) is 23.3 Å². The molecule has 0 saturated carbocycles. The highest BCUT2D eigenvalue weighted by atomic mass is 16.1. The summed E-state index contributed by atoms with van der Waals surface area (Å²) in [6, 6.07) is 5.78. The summed E-state index contributed by atoms with van der Waals surface area (Å²) in [4.78, 5) is 15.4. The van der Waals surface area contributed by atoms with E-state index in [-0.39, 0.29) is 5.78 Å². The molecule has 0 aliphatic heterocycles. The van der Waals surface area contributed by atoms with Gasteiger partial charge in [0.15, 0.2) is 5.78 Å². The second-order valence-corrected chi connectivity index (χ2v) is 3.41. The van der Waals surface area contributed by atoms with Crippen LogP contribution in [0.3, 0.4) is 0 Å². The fourth-order valence-electron chi connectivity index (χ4n) is 1.65. The molecule has 0 amide bonds. The lowest BCUT2D eigenvalue weighted by Gasteiger charge is -2.04. The van der Waals surface area contributed by atoms with Crippen LogP contribution in [0.15, 0.2) is 30.6 Å². The summed E-state index contributed by atoms with van der Waals surface area (Å²) in [5.74, 6) is 0.0861. The van der Waals surface area contributed by atoms with Gasteiger partial charge in [0.1, 0.15) is 0 Å². The van der Waals surface area contributed by atoms with E-state index >= 15 is 0 Å². The van der Waals surface area contributed by atoms with Crippen molar-refractivity contribution in [2.75, 3.05) is 0 Å². The van der Waals surface area contributed by atoms with E-state index < -0.39 is 0 Å². The van der Waals surface area contributed by atoms with Gasteiger partial charge >= 0.3 is 0 Å². The molecule has 0 unspecified atom stereocenters. The average molecular weight is 185 g/mol. The van der Waals surface area contributed by atoms with Crippen LogP contribution in [0.4, 0.5) is 0 Å². The molecule has 0 atom stereocenters. The molecule has 2 aromatic rings. The molecule has 2 heteroatoms. The summed E-state index contributed by atoms with van der Waals surface area (Å²) in [5, 5.41) is 2.05. The minimum absolute atomic E-state index is 0.0861. The normalized spacial score (nSPS) is 10.4. The van der Waals surface area contributed by atoms with Crippen LogP contribution >= 0.6 is 0 Å². The van der Waals surface area contributed by atoms with Crippen LogP contribution in [0, 0.1) is 6.92 Å². The zero-order valence-corrected chi connectivity index (χ0v) is 8.24. The largest absolute Gasteiger partial charge is 0.294 e. The van der Waals surface area contributed by atoms with E-state index in [2.05, 4.69) is 4.98 Å². The summed E-state index contributed by atoms with van der Waals surface area (Å²) < 4.78 is 0. The van der Waals surface area contributed by atoms with Gasteiger partial charge in [0.2, 0.25) is 0 Å². The SMILES string of the molecule is CC(=O)c1ccc(C)c2ccncc12. The summed E-state index contributed by atoms with van der Waals surface area (Å²) in [6.45, 7) is 3.61. The molecule has 0 bridgehead atoms. The topological polar surface area (TPSA) is 30.0 Å². The third-order valence-corrected chi connectivity index (χ3v) is 2.42. The van der Waals surface area contributed by atoms with E-state index in [0.29, 0.717) is 0 Å². The third kappa shape index (κ3) is 1.29. The number of nitrogens with zero attached hydrogens (tertiary/aromatic N) is 1. The van der Waals surface area contributed by atoms with Crippen molar-refractivity contribution in [1.29, 1.82) is 0 Å². The smallest absolute Gasteiger partial charge is 0.160 e. The number of ketones is 1. The molecule has 1 heterocycles. The van der Waals surface area contributed by atoms with Crippen LogP contribution in [0.1, 0.15) is 22.8 Å². The van der Waals surface area contributed by atoms with Gasteiger partial charge in [0.05, 0.1) is 0 Å². The van der Waals surface area contributed by atoms with Crippen molar-refractivity contribution in [3.05, 3.63) is 41.7 Å². The lowest BCUT2D eigenvalue weighted by atomic mass is 10.0. The molecule has 0 aliphatic carbocycles. The number of carbonyl (C=O) groups is 1. The van der Waals surface area contributed by atoms with Gasteiger partial charge < -0.3 is 0 Å². The van der Waals surface area contributed by atoms with E-state index in [0.717, 1.165) is 16.3 Å². The number of pyridine rings is 1. The van der Waals surface area contributed by atoms with Crippen molar-refractivity contribution in [1.82, 2.24) is 4.98 Å². The van der Waals surface area contributed by atoms with E-state index in [4.69, 9.17) is 0 Å². The summed E-state index contributed by atoms with van der Waals surface area (Å²) in [6.07, 6.45) is 3.50. The standard InChI is InChI=1S/C12H11NO/c1-8-3-4-11(9(2)14)12-7-13-6-5-10(8)12/h3-7H,1-2H3. The predicted octanol–water partition coefficient (Wildman–Crippen LogP) is 2.75. The second kappa shape index (κ2) is 3.22. The molecular formula is C12H11NO. The van der Waals surface area contributed by atoms with Gasteiger partial charge in [-0.3, -0.25) is 9.78 Å². The fourth-order valence-corrected chi connectivity index (χ4v) is 1.65. The lowest BCUT2D eigenvalue weighted by molar-refractivity contribution is 0.101. The molecule has 1 aromatic carbocycles. The van der Waals surface area contributed by atoms with E-state index in [1.54, 1.807) is 19.3 Å². The third-order valence-electron chi connectivity index (χ3n) is 2.42. The number of fused-ring (bicyclic) bond motifs is 1. The first-order valence-corrected chi connectivity index (χ1v) is 4.54. The van der Waals surface area contributed by atoms with Crippen molar-refractivity contribution in [2.24, 2.45) is 0 Å². The summed E-state index contributed by atoms with van der Waals surface area (Å²) in [7, 11) is 0. The first kappa shape index (κ1) is 8.88. The van der Waals surface area contributed by atoms with Crippen LogP contribution in [-0.2, 0) is 0 Å². The summed E-state index contributed by atoms with van der Waals surface area (Å²) >= 11 is 0. The zero-order valence-electron chi connectivity index (χ0n) is 8.24. The minimum atomic E-state index is 0.0861. The number of Topliss-reactive ketones (excluding diaryl/α,β-unsaturated/α-hetero) is 1.